The Labute approximate surface area is 175 Å². The van der Waals surface area contributed by atoms with Gasteiger partial charge in [0.15, 0.2) is 0 Å². The summed E-state index contributed by atoms with van der Waals surface area (Å²) in [7, 11) is 0. The summed E-state index contributed by atoms with van der Waals surface area (Å²) in [6.07, 6.45) is 1.36. The second-order valence-electron chi connectivity index (χ2n) is 5.80. The molecule has 0 radical (unpaired) electrons. The first-order chi connectivity index (χ1) is 11.9. The van der Waals surface area contributed by atoms with Crippen molar-refractivity contribution in [3.05, 3.63) is 67.6 Å². The largest absolute Gasteiger partial charge is 0.342 e. The first-order valence-electron chi connectivity index (χ1n) is 7.71. The zero-order valence-corrected chi connectivity index (χ0v) is 17.7. The molecular weight excluding hydrogens is 470 g/mol. The third-order valence-corrected chi connectivity index (χ3v) is 6.15. The monoisotopic (exact) mass is 482 g/mol. The number of hydrogen-bond donors (Lipinski definition) is 0. The topological polar surface area (TPSA) is 18.5 Å². The first-order valence-corrected chi connectivity index (χ1v) is 10.3. The van der Waals surface area contributed by atoms with Crippen LogP contribution in [0, 0.1) is 0 Å². The Morgan fingerprint density at radius 1 is 1.04 bits per heavy atom. The van der Waals surface area contributed by atoms with Crippen LogP contribution in [-0.2, 0) is 21.7 Å². The van der Waals surface area contributed by atoms with Crippen LogP contribution < -0.4 is 0 Å². The number of halogens is 5. The van der Waals surface area contributed by atoms with E-state index in [1.807, 2.05) is 24.3 Å². The highest BCUT2D eigenvalue weighted by atomic mass is 79.9. The molecule has 0 saturated carbocycles. The van der Waals surface area contributed by atoms with E-state index in [1.165, 1.54) is 0 Å². The van der Waals surface area contributed by atoms with Crippen molar-refractivity contribution in [3.8, 4) is 0 Å². The van der Waals surface area contributed by atoms with Gasteiger partial charge in [-0.3, -0.25) is 0 Å². The average Bonchev–Trinajstić information content (AvgIpc) is 2.99. The zero-order valence-electron chi connectivity index (χ0n) is 13.1. The van der Waals surface area contributed by atoms with Crippen LogP contribution in [0.2, 0.25) is 20.1 Å². The molecule has 2 aromatic carbocycles. The van der Waals surface area contributed by atoms with Gasteiger partial charge in [-0.25, -0.2) is 0 Å². The fourth-order valence-corrected chi connectivity index (χ4v) is 4.60. The highest BCUT2D eigenvalue weighted by Crippen LogP contribution is 2.41. The van der Waals surface area contributed by atoms with Crippen LogP contribution in [0.1, 0.15) is 17.5 Å². The smallest absolute Gasteiger partial charge is 0.206 e. The Kier molecular flexibility index (Phi) is 6.60. The van der Waals surface area contributed by atoms with Gasteiger partial charge in [0, 0.05) is 20.6 Å². The van der Waals surface area contributed by atoms with Crippen LogP contribution in [0.5, 0.6) is 0 Å². The molecule has 25 heavy (non-hydrogen) atoms. The second kappa shape index (κ2) is 8.35. The van der Waals surface area contributed by atoms with Crippen molar-refractivity contribution < 1.29 is 9.47 Å². The van der Waals surface area contributed by atoms with Gasteiger partial charge >= 0.3 is 0 Å². The van der Waals surface area contributed by atoms with E-state index in [1.54, 1.807) is 12.1 Å². The van der Waals surface area contributed by atoms with Crippen LogP contribution in [0.3, 0.4) is 0 Å². The van der Waals surface area contributed by atoms with E-state index >= 15 is 0 Å². The van der Waals surface area contributed by atoms with Gasteiger partial charge in [0.05, 0.1) is 23.1 Å². The van der Waals surface area contributed by atoms with Crippen LogP contribution in [0.25, 0.3) is 0 Å². The Hall–Kier alpha value is -0.000000000000000194. The minimum atomic E-state index is -0.920. The van der Waals surface area contributed by atoms with Gasteiger partial charge in [0.2, 0.25) is 5.79 Å². The Morgan fingerprint density at radius 2 is 1.76 bits per heavy atom. The number of alkyl halides is 1. The third-order valence-electron chi connectivity index (χ3n) is 4.15. The van der Waals surface area contributed by atoms with Crippen molar-refractivity contribution in [1.29, 1.82) is 0 Å². The van der Waals surface area contributed by atoms with E-state index in [9.17, 15) is 0 Å². The van der Waals surface area contributed by atoms with E-state index in [4.69, 9.17) is 55.9 Å². The molecule has 1 saturated heterocycles. The van der Waals surface area contributed by atoms with E-state index < -0.39 is 5.79 Å². The standard InChI is InChI=1S/C18H15BrCl4O2/c19-10-18(14-7-4-11(20)8-17(14)23)24-9-12(25-18)5-6-13-15(21)2-1-3-16(13)22/h1-4,7-8,12H,5-6,9-10H2. The molecule has 2 nitrogen and oxygen atoms in total. The predicted octanol–water partition coefficient (Wildman–Crippen LogP) is 6.90. The van der Waals surface area contributed by atoms with E-state index in [2.05, 4.69) is 15.9 Å². The minimum Gasteiger partial charge on any atom is -0.342 e. The van der Waals surface area contributed by atoms with Gasteiger partial charge in [0.25, 0.3) is 0 Å². The maximum Gasteiger partial charge on any atom is 0.206 e. The molecular formula is C18H15BrCl4O2. The average molecular weight is 485 g/mol. The molecule has 0 N–H and O–H groups in total. The lowest BCUT2D eigenvalue weighted by molar-refractivity contribution is -0.157. The van der Waals surface area contributed by atoms with Crippen molar-refractivity contribution in [2.45, 2.75) is 24.7 Å². The van der Waals surface area contributed by atoms with Gasteiger partial charge in [-0.1, -0.05) is 74.5 Å². The molecule has 0 aromatic heterocycles. The lowest BCUT2D eigenvalue weighted by atomic mass is 10.1. The zero-order chi connectivity index (χ0) is 18.0. The molecule has 2 atom stereocenters. The first kappa shape index (κ1) is 19.8. The van der Waals surface area contributed by atoms with Crippen molar-refractivity contribution in [2.75, 3.05) is 11.9 Å². The third kappa shape index (κ3) is 4.30. The molecule has 0 spiro atoms. The fraction of sp³-hybridized carbons (Fsp3) is 0.333. The van der Waals surface area contributed by atoms with E-state index in [0.29, 0.717) is 38.4 Å². The van der Waals surface area contributed by atoms with Gasteiger partial charge in [-0.05, 0) is 42.7 Å². The number of ether oxygens (including phenoxy) is 2. The molecule has 2 aromatic rings. The van der Waals surface area contributed by atoms with Crippen molar-refractivity contribution in [2.24, 2.45) is 0 Å². The molecule has 3 rings (SSSR count). The highest BCUT2D eigenvalue weighted by Gasteiger charge is 2.43. The van der Waals surface area contributed by atoms with Gasteiger partial charge in [0.1, 0.15) is 0 Å². The van der Waals surface area contributed by atoms with Crippen molar-refractivity contribution in [1.82, 2.24) is 0 Å². The molecule has 0 amide bonds. The second-order valence-corrected chi connectivity index (χ2v) is 8.02. The fourth-order valence-electron chi connectivity index (χ4n) is 2.87. The minimum absolute atomic E-state index is 0.0864. The summed E-state index contributed by atoms with van der Waals surface area (Å²) < 4.78 is 12.2. The SMILES string of the molecule is Clc1ccc(C2(CBr)OCC(CCc3c(Cl)cccc3Cl)O2)c(Cl)c1. The Bertz CT molecular complexity index is 750. The quantitative estimate of drug-likeness (QED) is 0.430. The van der Waals surface area contributed by atoms with Gasteiger partial charge < -0.3 is 9.47 Å². The van der Waals surface area contributed by atoms with Crippen molar-refractivity contribution >= 4 is 62.3 Å². The van der Waals surface area contributed by atoms with Crippen LogP contribution in [0.15, 0.2) is 36.4 Å². The summed E-state index contributed by atoms with van der Waals surface area (Å²) >= 11 is 28.3. The van der Waals surface area contributed by atoms with Crippen molar-refractivity contribution in [3.63, 3.8) is 0 Å². The maximum absolute atomic E-state index is 6.34. The summed E-state index contributed by atoms with van der Waals surface area (Å²) in [4.78, 5) is 0. The molecule has 7 heteroatoms. The molecule has 1 heterocycles. The summed E-state index contributed by atoms with van der Waals surface area (Å²) in [5.74, 6) is -0.920. The normalized spacial score (nSPS) is 23.2. The highest BCUT2D eigenvalue weighted by molar-refractivity contribution is 9.09. The summed E-state index contributed by atoms with van der Waals surface area (Å²) in [5, 5.41) is 2.88. The van der Waals surface area contributed by atoms with Crippen LogP contribution in [-0.4, -0.2) is 18.0 Å². The summed E-state index contributed by atoms with van der Waals surface area (Å²) in [6.45, 7) is 0.465. The lowest BCUT2D eigenvalue weighted by Gasteiger charge is -2.27. The molecule has 0 bridgehead atoms. The van der Waals surface area contributed by atoms with Gasteiger partial charge in [-0.15, -0.1) is 0 Å². The predicted molar refractivity (Wildman–Crippen MR) is 108 cm³/mol. The molecule has 2 unspecified atom stereocenters. The van der Waals surface area contributed by atoms with E-state index in [-0.39, 0.29) is 6.10 Å². The molecule has 1 aliphatic rings. The molecule has 0 aliphatic carbocycles. The van der Waals surface area contributed by atoms with Crippen LogP contribution >= 0.6 is 62.3 Å². The van der Waals surface area contributed by atoms with Crippen LogP contribution in [0.4, 0.5) is 0 Å². The maximum atomic E-state index is 6.34. The number of rotatable bonds is 5. The molecule has 1 aliphatic heterocycles. The molecule has 134 valence electrons. The molecule has 1 fully saturated rings. The Morgan fingerprint density at radius 3 is 2.40 bits per heavy atom. The Balaban J connectivity index is 1.73. The van der Waals surface area contributed by atoms with Gasteiger partial charge in [-0.2, -0.15) is 0 Å². The van der Waals surface area contributed by atoms with E-state index in [0.717, 1.165) is 17.5 Å². The summed E-state index contributed by atoms with van der Waals surface area (Å²) in [5.41, 5.74) is 1.68. The summed E-state index contributed by atoms with van der Waals surface area (Å²) in [6, 6.07) is 10.8. The number of hydrogen-bond acceptors (Lipinski definition) is 2. The number of benzene rings is 2. The lowest BCUT2D eigenvalue weighted by Crippen LogP contribution is -2.30.